The highest BCUT2D eigenvalue weighted by molar-refractivity contribution is 4.95. The van der Waals surface area contributed by atoms with Crippen LogP contribution in [0.3, 0.4) is 0 Å². The lowest BCUT2D eigenvalue weighted by Gasteiger charge is -2.31. The first-order valence-electron chi connectivity index (χ1n) is 8.65. The van der Waals surface area contributed by atoms with E-state index in [4.69, 9.17) is 9.47 Å². The van der Waals surface area contributed by atoms with Gasteiger partial charge in [-0.2, -0.15) is 0 Å². The molecule has 0 saturated carbocycles. The minimum absolute atomic E-state index is 0.177. The molecule has 0 spiro atoms. The third-order valence-corrected chi connectivity index (χ3v) is 3.86. The summed E-state index contributed by atoms with van der Waals surface area (Å²) in [5, 5.41) is 0. The molecule has 2 nitrogen and oxygen atoms in total. The van der Waals surface area contributed by atoms with E-state index < -0.39 is 6.36 Å². The van der Waals surface area contributed by atoms with Gasteiger partial charge in [0.2, 0.25) is 0 Å². The third kappa shape index (κ3) is 11.3. The summed E-state index contributed by atoms with van der Waals surface area (Å²) >= 11 is 0. The molecule has 0 aliphatic carbocycles. The zero-order chi connectivity index (χ0) is 17.6. The molecule has 0 fully saturated rings. The summed E-state index contributed by atoms with van der Waals surface area (Å²) in [6.45, 7) is 17.4. The van der Waals surface area contributed by atoms with Gasteiger partial charge < -0.3 is 9.47 Å². The molecule has 0 radical (unpaired) electrons. The fourth-order valence-corrected chi connectivity index (χ4v) is 2.46. The van der Waals surface area contributed by atoms with Crippen LogP contribution in [-0.2, 0) is 9.47 Å². The monoisotopic (exact) mass is 326 g/mol. The molecule has 0 bridgehead atoms. The molecule has 3 heteroatoms. The first-order valence-corrected chi connectivity index (χ1v) is 8.65. The lowest BCUT2D eigenvalue weighted by atomic mass is 9.79. The Kier molecular flexibility index (Phi) is 13.0. The zero-order valence-electron chi connectivity index (χ0n) is 15.1. The van der Waals surface area contributed by atoms with E-state index in [0.717, 1.165) is 32.3 Å². The topological polar surface area (TPSA) is 18.5 Å². The molecule has 23 heavy (non-hydrogen) atoms. The predicted octanol–water partition coefficient (Wildman–Crippen LogP) is 5.86. The van der Waals surface area contributed by atoms with Gasteiger partial charge in [0.15, 0.2) is 6.36 Å². The van der Waals surface area contributed by atoms with Gasteiger partial charge in [0.05, 0.1) is 6.61 Å². The zero-order valence-corrected chi connectivity index (χ0v) is 15.1. The summed E-state index contributed by atoms with van der Waals surface area (Å²) in [5.41, 5.74) is -0.177. The van der Waals surface area contributed by atoms with Crippen LogP contribution in [0.2, 0.25) is 0 Å². The van der Waals surface area contributed by atoms with Crippen molar-refractivity contribution in [1.82, 2.24) is 0 Å². The molecule has 0 N–H and O–H groups in total. The quantitative estimate of drug-likeness (QED) is 0.261. The fourth-order valence-electron chi connectivity index (χ4n) is 2.46. The average molecular weight is 326 g/mol. The van der Waals surface area contributed by atoms with Gasteiger partial charge in [-0.05, 0) is 38.0 Å². The van der Waals surface area contributed by atoms with Crippen molar-refractivity contribution < 1.29 is 13.9 Å². The summed E-state index contributed by atoms with van der Waals surface area (Å²) in [6, 6.07) is 0. The van der Waals surface area contributed by atoms with Crippen molar-refractivity contribution in [3.63, 3.8) is 0 Å². The van der Waals surface area contributed by atoms with Crippen molar-refractivity contribution >= 4 is 0 Å². The molecule has 134 valence electrons. The number of rotatable bonds is 16. The molecule has 0 saturated heterocycles. The SMILES string of the molecule is C=CCC(CC=C)(CC=C)COC(F)CCCOCCC(C)C. The molecule has 1 unspecified atom stereocenters. The van der Waals surface area contributed by atoms with Crippen LogP contribution in [-0.4, -0.2) is 26.2 Å². The highest BCUT2D eigenvalue weighted by Crippen LogP contribution is 2.33. The molecule has 0 aliphatic rings. The third-order valence-electron chi connectivity index (χ3n) is 3.86. The van der Waals surface area contributed by atoms with Crippen molar-refractivity contribution in [1.29, 1.82) is 0 Å². The second kappa shape index (κ2) is 13.5. The van der Waals surface area contributed by atoms with Crippen LogP contribution in [0, 0.1) is 11.3 Å². The second-order valence-corrected chi connectivity index (χ2v) is 6.64. The Hall–Kier alpha value is -0.930. The Morgan fingerprint density at radius 2 is 1.52 bits per heavy atom. The molecule has 0 aromatic carbocycles. The molecule has 0 aromatic heterocycles. The van der Waals surface area contributed by atoms with Gasteiger partial charge in [0.1, 0.15) is 0 Å². The van der Waals surface area contributed by atoms with Gasteiger partial charge in [-0.1, -0.05) is 32.1 Å². The van der Waals surface area contributed by atoms with Crippen molar-refractivity contribution in [3.8, 4) is 0 Å². The molecule has 0 rings (SSSR count). The van der Waals surface area contributed by atoms with E-state index in [2.05, 4.69) is 33.6 Å². The number of allylic oxidation sites excluding steroid dienone is 3. The Morgan fingerprint density at radius 1 is 0.957 bits per heavy atom. The van der Waals surface area contributed by atoms with E-state index in [9.17, 15) is 4.39 Å². The maximum absolute atomic E-state index is 13.9. The molecule has 0 aliphatic heterocycles. The van der Waals surface area contributed by atoms with Crippen LogP contribution in [0.25, 0.3) is 0 Å². The first kappa shape index (κ1) is 22.1. The van der Waals surface area contributed by atoms with E-state index in [-0.39, 0.29) is 5.41 Å². The number of ether oxygens (including phenoxy) is 2. The molecular weight excluding hydrogens is 291 g/mol. The Bertz CT molecular complexity index is 299. The van der Waals surface area contributed by atoms with Crippen LogP contribution >= 0.6 is 0 Å². The van der Waals surface area contributed by atoms with Crippen LogP contribution in [0.15, 0.2) is 38.0 Å². The summed E-state index contributed by atoms with van der Waals surface area (Å²) < 4.78 is 24.9. The van der Waals surface area contributed by atoms with Crippen LogP contribution in [0.1, 0.15) is 52.4 Å². The van der Waals surface area contributed by atoms with Crippen molar-refractivity contribution in [2.75, 3.05) is 19.8 Å². The van der Waals surface area contributed by atoms with Gasteiger partial charge >= 0.3 is 0 Å². The lowest BCUT2D eigenvalue weighted by Crippen LogP contribution is -2.27. The van der Waals surface area contributed by atoms with E-state index in [1.165, 1.54) is 0 Å². The fraction of sp³-hybridized carbons (Fsp3) is 0.700. The molecule has 0 amide bonds. The summed E-state index contributed by atoms with van der Waals surface area (Å²) in [7, 11) is 0. The number of hydrogen-bond donors (Lipinski definition) is 0. The van der Waals surface area contributed by atoms with Gasteiger partial charge in [-0.3, -0.25) is 0 Å². The summed E-state index contributed by atoms with van der Waals surface area (Å²) in [6.07, 6.45) is 8.68. The number of hydrogen-bond acceptors (Lipinski definition) is 2. The molecule has 0 heterocycles. The van der Waals surface area contributed by atoms with E-state index in [1.807, 2.05) is 18.2 Å². The van der Waals surface area contributed by atoms with Crippen molar-refractivity contribution in [2.45, 2.75) is 58.7 Å². The highest BCUT2D eigenvalue weighted by Gasteiger charge is 2.27. The lowest BCUT2D eigenvalue weighted by molar-refractivity contribution is -0.0824. The smallest absolute Gasteiger partial charge is 0.198 e. The Labute approximate surface area is 142 Å². The molecule has 1 atom stereocenters. The first-order chi connectivity index (χ1) is 11.0. The predicted molar refractivity (Wildman–Crippen MR) is 97.2 cm³/mol. The van der Waals surface area contributed by atoms with E-state index >= 15 is 0 Å². The van der Waals surface area contributed by atoms with E-state index in [1.54, 1.807) is 0 Å². The van der Waals surface area contributed by atoms with Crippen molar-refractivity contribution in [3.05, 3.63) is 38.0 Å². The molecule has 0 aromatic rings. The second-order valence-electron chi connectivity index (χ2n) is 6.64. The van der Waals surface area contributed by atoms with Gasteiger partial charge in [0, 0.05) is 25.0 Å². The Morgan fingerprint density at radius 3 is 2.00 bits per heavy atom. The standard InChI is InChI=1S/C20H35FO2/c1-6-12-20(13-7-2,14-8-3)17-23-19(21)10-9-15-22-16-11-18(4)5/h6-8,18-19H,1-3,9-17H2,4-5H3. The van der Waals surface area contributed by atoms with Crippen molar-refractivity contribution in [2.24, 2.45) is 11.3 Å². The maximum Gasteiger partial charge on any atom is 0.198 e. The normalized spacial score (nSPS) is 13.0. The van der Waals surface area contributed by atoms with Gasteiger partial charge in [-0.25, -0.2) is 4.39 Å². The van der Waals surface area contributed by atoms with E-state index in [0.29, 0.717) is 32.0 Å². The summed E-state index contributed by atoms with van der Waals surface area (Å²) in [4.78, 5) is 0. The highest BCUT2D eigenvalue weighted by atomic mass is 19.1. The Balaban J connectivity index is 4.06. The van der Waals surface area contributed by atoms with Gasteiger partial charge in [0.25, 0.3) is 0 Å². The number of halogens is 1. The largest absolute Gasteiger partial charge is 0.381 e. The average Bonchev–Trinajstić information content (AvgIpc) is 2.49. The summed E-state index contributed by atoms with van der Waals surface area (Å²) in [5.74, 6) is 0.639. The molecular formula is C20H35FO2. The minimum atomic E-state index is -1.25. The van der Waals surface area contributed by atoms with Crippen LogP contribution < -0.4 is 0 Å². The minimum Gasteiger partial charge on any atom is -0.381 e. The van der Waals surface area contributed by atoms with Crippen LogP contribution in [0.4, 0.5) is 4.39 Å². The van der Waals surface area contributed by atoms with Crippen LogP contribution in [0.5, 0.6) is 0 Å². The number of alkyl halides is 1. The maximum atomic E-state index is 13.9. The van der Waals surface area contributed by atoms with Gasteiger partial charge in [-0.15, -0.1) is 19.7 Å².